The van der Waals surface area contributed by atoms with Gasteiger partial charge in [-0.15, -0.1) is 0 Å². The molecule has 2 aromatic carbocycles. The number of nitrogens with zero attached hydrogens (tertiary/aromatic N) is 3. The van der Waals surface area contributed by atoms with Crippen LogP contribution in [0.2, 0.25) is 0 Å². The molecule has 0 fully saturated rings. The van der Waals surface area contributed by atoms with Gasteiger partial charge in [0, 0.05) is 17.3 Å². The van der Waals surface area contributed by atoms with Crippen molar-refractivity contribution in [3.05, 3.63) is 66.5 Å². The molecule has 0 atom stereocenters. The lowest BCUT2D eigenvalue weighted by Gasteiger charge is -2.11. The van der Waals surface area contributed by atoms with Crippen LogP contribution in [0, 0.1) is 0 Å². The zero-order chi connectivity index (χ0) is 22.3. The minimum Gasteiger partial charge on any atom is -0.496 e. The van der Waals surface area contributed by atoms with Crippen LogP contribution in [-0.2, 0) is 15.6 Å². The number of anilines is 2. The summed E-state index contributed by atoms with van der Waals surface area (Å²) in [6.45, 7) is 0.753. The van der Waals surface area contributed by atoms with Gasteiger partial charge in [0.1, 0.15) is 17.9 Å². The monoisotopic (exact) mass is 440 g/mol. The summed E-state index contributed by atoms with van der Waals surface area (Å²) < 4.78 is 30.3. The zero-order valence-electron chi connectivity index (χ0n) is 18.1. The summed E-state index contributed by atoms with van der Waals surface area (Å²) >= 11 is 0. The van der Waals surface area contributed by atoms with Gasteiger partial charge in [-0.2, -0.15) is 0 Å². The number of hydrogen-bond acceptors (Lipinski definition) is 7. The van der Waals surface area contributed by atoms with E-state index in [0.29, 0.717) is 12.2 Å². The average molecular weight is 441 g/mol. The van der Waals surface area contributed by atoms with Gasteiger partial charge < -0.3 is 15.0 Å². The number of ether oxygens (including phenoxy) is 1. The molecular formula is C23H28N4O3S. The molecule has 0 aliphatic rings. The Morgan fingerprint density at radius 1 is 1.03 bits per heavy atom. The fourth-order valence-electron chi connectivity index (χ4n) is 3.24. The van der Waals surface area contributed by atoms with Crippen molar-refractivity contribution in [1.82, 2.24) is 14.9 Å². The molecule has 0 spiro atoms. The molecular weight excluding hydrogens is 412 g/mol. The molecule has 0 bridgehead atoms. The molecule has 0 amide bonds. The normalized spacial score (nSPS) is 11.5. The van der Waals surface area contributed by atoms with Crippen LogP contribution in [0.3, 0.4) is 0 Å². The van der Waals surface area contributed by atoms with Crippen LogP contribution in [0.1, 0.15) is 12.0 Å². The topological polar surface area (TPSA) is 84.4 Å². The van der Waals surface area contributed by atoms with Crippen LogP contribution in [-0.4, -0.2) is 56.8 Å². The molecule has 8 heteroatoms. The highest BCUT2D eigenvalue weighted by molar-refractivity contribution is 7.90. The Bertz CT molecular complexity index is 1120. The molecule has 31 heavy (non-hydrogen) atoms. The summed E-state index contributed by atoms with van der Waals surface area (Å²) in [5.74, 6) is 1.54. The smallest absolute Gasteiger partial charge is 0.154 e. The van der Waals surface area contributed by atoms with Gasteiger partial charge in [0.15, 0.2) is 9.84 Å². The van der Waals surface area contributed by atoms with E-state index >= 15 is 0 Å². The molecule has 7 nitrogen and oxygen atoms in total. The lowest BCUT2D eigenvalue weighted by atomic mass is 10.1. The first-order valence-corrected chi connectivity index (χ1v) is 11.8. The predicted molar refractivity (Wildman–Crippen MR) is 124 cm³/mol. The summed E-state index contributed by atoms with van der Waals surface area (Å²) in [5.41, 5.74) is 3.11. The maximum absolute atomic E-state index is 12.4. The van der Waals surface area contributed by atoms with Gasteiger partial charge in [0.05, 0.1) is 24.3 Å². The summed E-state index contributed by atoms with van der Waals surface area (Å²) in [6, 6.07) is 16.9. The fourth-order valence-corrected chi connectivity index (χ4v) is 4.64. The highest BCUT2D eigenvalue weighted by Crippen LogP contribution is 2.29. The summed E-state index contributed by atoms with van der Waals surface area (Å²) in [6.07, 6.45) is 2.11. The van der Waals surface area contributed by atoms with Crippen molar-refractivity contribution < 1.29 is 13.2 Å². The number of para-hydroxylation sites is 1. The summed E-state index contributed by atoms with van der Waals surface area (Å²) in [7, 11) is 2.34. The van der Waals surface area contributed by atoms with Crippen molar-refractivity contribution in [1.29, 1.82) is 0 Å². The number of aromatic nitrogens is 2. The van der Waals surface area contributed by atoms with Crippen LogP contribution in [0.4, 0.5) is 11.5 Å². The van der Waals surface area contributed by atoms with E-state index in [-0.39, 0.29) is 11.5 Å². The van der Waals surface area contributed by atoms with Gasteiger partial charge in [0.25, 0.3) is 0 Å². The van der Waals surface area contributed by atoms with E-state index in [4.69, 9.17) is 4.74 Å². The standard InChI is InChI=1S/C23H28N4O3S/c1-27(2)12-7-13-31(28,29)16-18-8-6-9-19(14-18)26-23-15-21(24-17-25-23)20-10-4-5-11-22(20)30-3/h4-6,8-11,14-15,17H,7,12-13,16H2,1-3H3,(H,24,25,26). The maximum atomic E-state index is 12.4. The Morgan fingerprint density at radius 2 is 1.84 bits per heavy atom. The minimum absolute atomic E-state index is 0.0200. The van der Waals surface area contributed by atoms with Crippen molar-refractivity contribution in [3.63, 3.8) is 0 Å². The highest BCUT2D eigenvalue weighted by Gasteiger charge is 2.13. The summed E-state index contributed by atoms with van der Waals surface area (Å²) in [5, 5.41) is 3.24. The quantitative estimate of drug-likeness (QED) is 0.514. The van der Waals surface area contributed by atoms with Crippen molar-refractivity contribution in [3.8, 4) is 17.0 Å². The third kappa shape index (κ3) is 6.77. The first kappa shape index (κ1) is 22.7. The Morgan fingerprint density at radius 3 is 2.61 bits per heavy atom. The second kappa shape index (κ2) is 10.4. The Kier molecular flexibility index (Phi) is 7.59. The number of benzene rings is 2. The second-order valence-corrected chi connectivity index (χ2v) is 9.75. The van der Waals surface area contributed by atoms with Gasteiger partial charge in [-0.25, -0.2) is 18.4 Å². The Hall–Kier alpha value is -2.97. The molecule has 1 N–H and O–H groups in total. The number of rotatable bonds is 10. The van der Waals surface area contributed by atoms with E-state index < -0.39 is 9.84 Å². The first-order chi connectivity index (χ1) is 14.9. The van der Waals surface area contributed by atoms with Gasteiger partial charge in [-0.3, -0.25) is 0 Å². The minimum atomic E-state index is -3.16. The molecule has 0 aliphatic carbocycles. The summed E-state index contributed by atoms with van der Waals surface area (Å²) in [4.78, 5) is 10.6. The zero-order valence-corrected chi connectivity index (χ0v) is 18.9. The molecule has 0 saturated carbocycles. The van der Waals surface area contributed by atoms with Gasteiger partial charge in [-0.05, 0) is 56.9 Å². The third-order valence-electron chi connectivity index (χ3n) is 4.70. The van der Waals surface area contributed by atoms with E-state index in [1.54, 1.807) is 7.11 Å². The molecule has 0 saturated heterocycles. The molecule has 1 heterocycles. The van der Waals surface area contributed by atoms with Crippen molar-refractivity contribution in [2.75, 3.05) is 38.8 Å². The largest absolute Gasteiger partial charge is 0.496 e. The van der Waals surface area contributed by atoms with Crippen LogP contribution < -0.4 is 10.1 Å². The third-order valence-corrected chi connectivity index (χ3v) is 6.38. The maximum Gasteiger partial charge on any atom is 0.154 e. The highest BCUT2D eigenvalue weighted by atomic mass is 32.2. The molecule has 3 aromatic rings. The molecule has 3 rings (SSSR count). The fraction of sp³-hybridized carbons (Fsp3) is 0.304. The van der Waals surface area contributed by atoms with E-state index in [9.17, 15) is 8.42 Å². The molecule has 0 unspecified atom stereocenters. The molecule has 164 valence electrons. The second-order valence-electron chi connectivity index (χ2n) is 7.56. The Balaban J connectivity index is 1.73. The van der Waals surface area contributed by atoms with Crippen molar-refractivity contribution >= 4 is 21.3 Å². The van der Waals surface area contributed by atoms with E-state index in [0.717, 1.165) is 34.8 Å². The SMILES string of the molecule is COc1ccccc1-c1cc(Nc2cccc(CS(=O)(=O)CCCN(C)C)c2)ncn1. The van der Waals surface area contributed by atoms with E-state index in [1.165, 1.54) is 6.33 Å². The molecule has 0 radical (unpaired) electrons. The Labute approximate surface area is 184 Å². The van der Waals surface area contributed by atoms with Crippen LogP contribution in [0.25, 0.3) is 11.3 Å². The number of nitrogens with one attached hydrogen (secondary N) is 1. The average Bonchev–Trinajstić information content (AvgIpc) is 2.73. The van der Waals surface area contributed by atoms with Crippen LogP contribution in [0.15, 0.2) is 60.9 Å². The number of sulfone groups is 1. The number of hydrogen-bond donors (Lipinski definition) is 1. The first-order valence-electron chi connectivity index (χ1n) is 10.0. The van der Waals surface area contributed by atoms with Crippen molar-refractivity contribution in [2.45, 2.75) is 12.2 Å². The van der Waals surface area contributed by atoms with E-state index in [2.05, 4.69) is 15.3 Å². The van der Waals surface area contributed by atoms with Crippen LogP contribution in [0.5, 0.6) is 5.75 Å². The van der Waals surface area contributed by atoms with E-state index in [1.807, 2.05) is 73.6 Å². The lowest BCUT2D eigenvalue weighted by Crippen LogP contribution is -2.18. The number of methoxy groups -OCH3 is 1. The van der Waals surface area contributed by atoms with Crippen LogP contribution >= 0.6 is 0 Å². The van der Waals surface area contributed by atoms with Gasteiger partial charge in [0.2, 0.25) is 0 Å². The van der Waals surface area contributed by atoms with Gasteiger partial charge in [-0.1, -0.05) is 24.3 Å². The van der Waals surface area contributed by atoms with Crippen molar-refractivity contribution in [2.24, 2.45) is 0 Å². The lowest BCUT2D eigenvalue weighted by molar-refractivity contribution is 0.408. The predicted octanol–water partition coefficient (Wildman–Crippen LogP) is 3.76. The molecule has 0 aliphatic heterocycles. The molecule has 1 aromatic heterocycles. The van der Waals surface area contributed by atoms with Gasteiger partial charge >= 0.3 is 0 Å².